The van der Waals surface area contributed by atoms with Crippen LogP contribution in [0.5, 0.6) is 0 Å². The summed E-state index contributed by atoms with van der Waals surface area (Å²) in [6, 6.07) is 0. The van der Waals surface area contributed by atoms with Crippen molar-refractivity contribution in [3.63, 3.8) is 0 Å². The van der Waals surface area contributed by atoms with E-state index in [9.17, 15) is 0 Å². The zero-order valence-electron chi connectivity index (χ0n) is 4.56. The minimum Gasteiger partial charge on any atom is -0.510 e. The molecule has 52 valence electrons. The summed E-state index contributed by atoms with van der Waals surface area (Å²) in [5, 5.41) is 20.2. The van der Waals surface area contributed by atoms with E-state index < -0.39 is 0 Å². The molecule has 0 saturated heterocycles. The van der Waals surface area contributed by atoms with E-state index in [-0.39, 0.29) is 17.0 Å². The van der Waals surface area contributed by atoms with Crippen molar-refractivity contribution in [2.45, 2.75) is 4.71 Å². The van der Waals surface area contributed by atoms with E-state index in [0.29, 0.717) is 0 Å². The first-order valence-electron chi connectivity index (χ1n) is 2.37. The van der Waals surface area contributed by atoms with Gasteiger partial charge in [0.25, 0.3) is 0 Å². The standard InChI is InChI=1S/C4H7NO2S2/c6-3-1-5(7)4(8)9-2-3/h2,4,6-8H,1H2. The Labute approximate surface area is 62.7 Å². The first-order chi connectivity index (χ1) is 4.20. The van der Waals surface area contributed by atoms with Crippen molar-refractivity contribution in [3.05, 3.63) is 11.2 Å². The fraction of sp³-hybridized carbons (Fsp3) is 0.500. The lowest BCUT2D eigenvalue weighted by molar-refractivity contribution is -0.0790. The molecule has 1 rings (SSSR count). The molecule has 0 bridgehead atoms. The molecule has 1 aliphatic heterocycles. The summed E-state index contributed by atoms with van der Waals surface area (Å²) < 4.78 is -0.249. The number of rotatable bonds is 0. The quantitative estimate of drug-likeness (QED) is 0.469. The Bertz CT molecular complexity index is 139. The van der Waals surface area contributed by atoms with Gasteiger partial charge in [-0.2, -0.15) is 5.06 Å². The van der Waals surface area contributed by atoms with Gasteiger partial charge in [-0.05, 0) is 0 Å². The van der Waals surface area contributed by atoms with Gasteiger partial charge in [-0.3, -0.25) is 0 Å². The van der Waals surface area contributed by atoms with Crippen LogP contribution < -0.4 is 0 Å². The van der Waals surface area contributed by atoms with Crippen molar-refractivity contribution in [3.8, 4) is 0 Å². The maximum Gasteiger partial charge on any atom is 0.128 e. The summed E-state index contributed by atoms with van der Waals surface area (Å²) in [4.78, 5) is 0. The normalized spacial score (nSPS) is 30.0. The lowest BCUT2D eigenvalue weighted by Gasteiger charge is -2.23. The lowest BCUT2D eigenvalue weighted by Crippen LogP contribution is -2.29. The fourth-order valence-corrected chi connectivity index (χ4v) is 1.32. The van der Waals surface area contributed by atoms with Gasteiger partial charge < -0.3 is 10.3 Å². The van der Waals surface area contributed by atoms with Gasteiger partial charge in [0.1, 0.15) is 10.5 Å². The van der Waals surface area contributed by atoms with Crippen LogP contribution >= 0.6 is 24.4 Å². The van der Waals surface area contributed by atoms with E-state index >= 15 is 0 Å². The first kappa shape index (κ1) is 7.27. The van der Waals surface area contributed by atoms with E-state index in [1.165, 1.54) is 11.8 Å². The highest BCUT2D eigenvalue weighted by atomic mass is 32.2. The lowest BCUT2D eigenvalue weighted by atomic mass is 10.5. The van der Waals surface area contributed by atoms with Crippen LogP contribution in [0.15, 0.2) is 11.2 Å². The Morgan fingerprint density at radius 1 is 1.89 bits per heavy atom. The van der Waals surface area contributed by atoms with Crippen molar-refractivity contribution >= 4 is 24.4 Å². The van der Waals surface area contributed by atoms with Crippen molar-refractivity contribution in [1.82, 2.24) is 5.06 Å². The van der Waals surface area contributed by atoms with Crippen LogP contribution in [-0.2, 0) is 0 Å². The molecule has 0 aromatic heterocycles. The van der Waals surface area contributed by atoms with Crippen molar-refractivity contribution in [2.24, 2.45) is 0 Å². The Morgan fingerprint density at radius 3 is 3.00 bits per heavy atom. The van der Waals surface area contributed by atoms with Gasteiger partial charge in [-0.25, -0.2) is 0 Å². The molecule has 5 heteroatoms. The van der Waals surface area contributed by atoms with Gasteiger partial charge in [-0.15, -0.1) is 12.6 Å². The molecule has 9 heavy (non-hydrogen) atoms. The number of aliphatic hydroxyl groups is 1. The minimum atomic E-state index is -0.249. The van der Waals surface area contributed by atoms with Crippen LogP contribution in [0.4, 0.5) is 0 Å². The smallest absolute Gasteiger partial charge is 0.128 e. The minimum absolute atomic E-state index is 0.168. The molecule has 0 radical (unpaired) electrons. The number of thiol groups is 1. The number of nitrogens with zero attached hydrogens (tertiary/aromatic N) is 1. The Kier molecular flexibility index (Phi) is 2.29. The maximum atomic E-state index is 8.88. The number of hydroxylamine groups is 2. The number of thioether (sulfide) groups is 1. The zero-order valence-corrected chi connectivity index (χ0v) is 6.27. The summed E-state index contributed by atoms with van der Waals surface area (Å²) in [7, 11) is 0. The second-order valence-electron chi connectivity index (χ2n) is 1.67. The predicted molar refractivity (Wildman–Crippen MR) is 39.6 cm³/mol. The van der Waals surface area contributed by atoms with Crippen molar-refractivity contribution in [1.29, 1.82) is 0 Å². The first-order valence-corrected chi connectivity index (χ1v) is 3.83. The molecule has 0 aromatic carbocycles. The molecule has 1 aliphatic rings. The molecule has 0 amide bonds. The van der Waals surface area contributed by atoms with Gasteiger partial charge in [0, 0.05) is 5.41 Å². The van der Waals surface area contributed by atoms with E-state index in [0.717, 1.165) is 5.06 Å². The molecule has 0 aromatic rings. The third kappa shape index (κ3) is 1.79. The Morgan fingerprint density at radius 2 is 2.56 bits per heavy atom. The van der Waals surface area contributed by atoms with Crippen LogP contribution in [0.2, 0.25) is 0 Å². The Hall–Kier alpha value is 0.160. The fourth-order valence-electron chi connectivity index (χ4n) is 0.491. The molecule has 3 nitrogen and oxygen atoms in total. The average molecular weight is 165 g/mol. The van der Waals surface area contributed by atoms with Gasteiger partial charge in [0.15, 0.2) is 0 Å². The highest BCUT2D eigenvalue weighted by Crippen LogP contribution is 2.24. The monoisotopic (exact) mass is 165 g/mol. The molecule has 2 N–H and O–H groups in total. The van der Waals surface area contributed by atoms with Gasteiger partial charge in [0.2, 0.25) is 0 Å². The summed E-state index contributed by atoms with van der Waals surface area (Å²) in [6.45, 7) is 0.168. The number of hydrogen-bond acceptors (Lipinski definition) is 5. The van der Waals surface area contributed by atoms with Crippen LogP contribution in [0.3, 0.4) is 0 Å². The summed E-state index contributed by atoms with van der Waals surface area (Å²) in [6.07, 6.45) is 0. The van der Waals surface area contributed by atoms with E-state index in [1.807, 2.05) is 0 Å². The summed E-state index contributed by atoms with van der Waals surface area (Å²) in [5.41, 5.74) is 0. The third-order valence-corrected chi connectivity index (χ3v) is 2.43. The predicted octanol–water partition coefficient (Wildman–Crippen LogP) is 1.04. The summed E-state index contributed by atoms with van der Waals surface area (Å²) >= 11 is 5.24. The molecule has 1 atom stereocenters. The van der Waals surface area contributed by atoms with Crippen LogP contribution in [0.25, 0.3) is 0 Å². The van der Waals surface area contributed by atoms with Crippen LogP contribution in [0.1, 0.15) is 0 Å². The second-order valence-corrected chi connectivity index (χ2v) is 3.46. The maximum absolute atomic E-state index is 8.88. The molecular weight excluding hydrogens is 158 g/mol. The highest BCUT2D eigenvalue weighted by Gasteiger charge is 2.17. The largest absolute Gasteiger partial charge is 0.510 e. The Balaban J connectivity index is 2.54. The number of aliphatic hydroxyl groups excluding tert-OH is 1. The van der Waals surface area contributed by atoms with Gasteiger partial charge >= 0.3 is 0 Å². The molecular formula is C4H7NO2S2. The average Bonchev–Trinajstić information content (AvgIpc) is 1.80. The molecule has 0 spiro atoms. The van der Waals surface area contributed by atoms with Crippen molar-refractivity contribution in [2.75, 3.05) is 6.54 Å². The molecule has 0 fully saturated rings. The van der Waals surface area contributed by atoms with Crippen LogP contribution in [-0.4, -0.2) is 26.6 Å². The highest BCUT2D eigenvalue weighted by molar-refractivity contribution is 8.12. The second kappa shape index (κ2) is 2.83. The topological polar surface area (TPSA) is 43.7 Å². The van der Waals surface area contributed by atoms with Gasteiger partial charge in [0.05, 0.1) is 6.54 Å². The van der Waals surface area contributed by atoms with E-state index in [2.05, 4.69) is 12.6 Å². The third-order valence-electron chi connectivity index (χ3n) is 0.905. The van der Waals surface area contributed by atoms with Crippen molar-refractivity contribution < 1.29 is 10.3 Å². The molecule has 0 saturated carbocycles. The summed E-state index contributed by atoms with van der Waals surface area (Å²) in [5.74, 6) is 0.174. The number of hydrogen-bond donors (Lipinski definition) is 3. The SMILES string of the molecule is OC1=CSC(S)N(O)C1. The molecule has 1 heterocycles. The molecule has 0 aliphatic carbocycles. The van der Waals surface area contributed by atoms with E-state index in [1.54, 1.807) is 5.41 Å². The van der Waals surface area contributed by atoms with E-state index in [4.69, 9.17) is 10.3 Å². The molecule has 1 unspecified atom stereocenters. The van der Waals surface area contributed by atoms with Crippen LogP contribution in [0, 0.1) is 0 Å². The zero-order chi connectivity index (χ0) is 6.85. The van der Waals surface area contributed by atoms with Gasteiger partial charge in [-0.1, -0.05) is 11.8 Å².